The molecule has 0 aliphatic heterocycles. The summed E-state index contributed by atoms with van der Waals surface area (Å²) in [6, 6.07) is 5.24. The third kappa shape index (κ3) is 3.47. The molecule has 2 rings (SSSR count). The van der Waals surface area contributed by atoms with Gasteiger partial charge in [-0.2, -0.15) is 0 Å². The molecule has 0 saturated carbocycles. The maximum atomic E-state index is 13.6. The summed E-state index contributed by atoms with van der Waals surface area (Å²) in [6.07, 6.45) is 0.301. The first-order valence-electron chi connectivity index (χ1n) is 6.75. The van der Waals surface area contributed by atoms with Crippen molar-refractivity contribution < 1.29 is 31.5 Å². The quantitative estimate of drug-likeness (QED) is 0.376. The van der Waals surface area contributed by atoms with Crippen LogP contribution in [0.15, 0.2) is 24.3 Å². The van der Waals surface area contributed by atoms with Crippen LogP contribution in [0.3, 0.4) is 0 Å². The van der Waals surface area contributed by atoms with E-state index in [-0.39, 0.29) is 6.42 Å². The van der Waals surface area contributed by atoms with Crippen LogP contribution in [0.2, 0.25) is 0 Å². The molecule has 0 saturated heterocycles. The summed E-state index contributed by atoms with van der Waals surface area (Å²) in [5.41, 5.74) is -0.638. The Morgan fingerprint density at radius 3 is 1.92 bits per heavy atom. The molecule has 2 aromatic rings. The lowest BCUT2D eigenvalue weighted by molar-refractivity contribution is -0.108. The zero-order chi connectivity index (χ0) is 17.9. The zero-order valence-electron chi connectivity index (χ0n) is 12.4. The smallest absolute Gasteiger partial charge is 0.200 e. The van der Waals surface area contributed by atoms with Crippen LogP contribution in [0, 0.1) is 29.1 Å². The van der Waals surface area contributed by atoms with Crippen LogP contribution in [0.5, 0.6) is 5.75 Å². The summed E-state index contributed by atoms with van der Waals surface area (Å²) in [5.74, 6) is -9.89. The lowest BCUT2D eigenvalue weighted by atomic mass is 10.1. The molecule has 0 aliphatic rings. The zero-order valence-corrected chi connectivity index (χ0v) is 12.4. The molecule has 1 atom stereocenters. The Bertz CT molecular complexity index is 720. The average Bonchev–Trinajstić information content (AvgIpc) is 2.61. The highest BCUT2D eigenvalue weighted by Gasteiger charge is 2.27. The topological polar surface area (TPSA) is 38.3 Å². The third-order valence-corrected chi connectivity index (χ3v) is 3.32. The molecule has 0 unspecified atom stereocenters. The lowest BCUT2D eigenvalue weighted by Gasteiger charge is -2.16. The molecule has 0 radical (unpaired) electrons. The van der Waals surface area contributed by atoms with Gasteiger partial charge in [-0.1, -0.05) is 12.1 Å². The minimum atomic E-state index is -2.26. The number of aldehydes is 1. The van der Waals surface area contributed by atoms with Gasteiger partial charge in [-0.15, -0.1) is 0 Å². The molecule has 0 amide bonds. The minimum Gasteiger partial charge on any atom is -0.497 e. The number of hydrogen-bond donors (Lipinski definition) is 1. The van der Waals surface area contributed by atoms with Gasteiger partial charge < -0.3 is 14.8 Å². The van der Waals surface area contributed by atoms with E-state index in [0.717, 1.165) is 0 Å². The van der Waals surface area contributed by atoms with E-state index in [1.807, 2.05) is 0 Å². The van der Waals surface area contributed by atoms with E-state index >= 15 is 0 Å². The van der Waals surface area contributed by atoms with Gasteiger partial charge in [-0.25, -0.2) is 22.0 Å². The standard InChI is InChI=1S/C16H12F5NO2/c1-24-10-4-2-8(3-5-10)6-9(7-23)22-16-14(20)12(18)11(17)13(19)15(16)21/h2-5,7,9,22H,6H2,1H3/t9-/m0/s1. The Labute approximate surface area is 134 Å². The van der Waals surface area contributed by atoms with Gasteiger partial charge in [0.25, 0.3) is 0 Å². The monoisotopic (exact) mass is 345 g/mol. The average molecular weight is 345 g/mol. The van der Waals surface area contributed by atoms with Gasteiger partial charge in [0.2, 0.25) is 5.82 Å². The number of nitrogens with one attached hydrogen (secondary N) is 1. The second-order valence-electron chi connectivity index (χ2n) is 4.88. The Morgan fingerprint density at radius 1 is 0.958 bits per heavy atom. The first kappa shape index (κ1) is 17.7. The summed E-state index contributed by atoms with van der Waals surface area (Å²) >= 11 is 0. The molecular weight excluding hydrogens is 333 g/mol. The first-order valence-corrected chi connectivity index (χ1v) is 6.75. The van der Waals surface area contributed by atoms with Gasteiger partial charge in [0.15, 0.2) is 23.3 Å². The second kappa shape index (κ2) is 7.29. The molecule has 0 spiro atoms. The molecule has 3 nitrogen and oxygen atoms in total. The van der Waals surface area contributed by atoms with Gasteiger partial charge in [-0.3, -0.25) is 0 Å². The molecule has 0 fully saturated rings. The molecule has 0 aliphatic carbocycles. The number of rotatable bonds is 6. The lowest BCUT2D eigenvalue weighted by Crippen LogP contribution is -2.26. The van der Waals surface area contributed by atoms with E-state index in [2.05, 4.69) is 5.32 Å². The van der Waals surface area contributed by atoms with E-state index in [9.17, 15) is 26.7 Å². The van der Waals surface area contributed by atoms with Crippen LogP contribution < -0.4 is 10.1 Å². The van der Waals surface area contributed by atoms with E-state index in [4.69, 9.17) is 4.74 Å². The van der Waals surface area contributed by atoms with Crippen molar-refractivity contribution in [2.45, 2.75) is 12.5 Å². The normalized spacial score (nSPS) is 11.9. The van der Waals surface area contributed by atoms with Crippen molar-refractivity contribution in [2.75, 3.05) is 12.4 Å². The molecule has 128 valence electrons. The number of carbonyl (C=O) groups excluding carboxylic acids is 1. The SMILES string of the molecule is COc1ccc(C[C@@H](C=O)Nc2c(F)c(F)c(F)c(F)c2F)cc1. The summed E-state index contributed by atoms with van der Waals surface area (Å²) < 4.78 is 71.5. The number of ether oxygens (including phenoxy) is 1. The van der Waals surface area contributed by atoms with E-state index in [0.29, 0.717) is 17.6 Å². The molecule has 1 N–H and O–H groups in total. The van der Waals surface area contributed by atoms with Crippen molar-refractivity contribution in [3.63, 3.8) is 0 Å². The number of carbonyl (C=O) groups is 1. The van der Waals surface area contributed by atoms with Gasteiger partial charge >= 0.3 is 0 Å². The largest absolute Gasteiger partial charge is 0.497 e. The summed E-state index contributed by atoms with van der Waals surface area (Å²) in [6.45, 7) is 0. The Kier molecular flexibility index (Phi) is 5.38. The van der Waals surface area contributed by atoms with E-state index in [1.165, 1.54) is 7.11 Å². The fourth-order valence-corrected chi connectivity index (χ4v) is 2.07. The van der Waals surface area contributed by atoms with Crippen molar-refractivity contribution in [1.29, 1.82) is 0 Å². The molecule has 8 heteroatoms. The van der Waals surface area contributed by atoms with Crippen molar-refractivity contribution in [2.24, 2.45) is 0 Å². The fraction of sp³-hybridized carbons (Fsp3) is 0.188. The summed E-state index contributed by atoms with van der Waals surface area (Å²) in [7, 11) is 1.47. The molecule has 0 heterocycles. The molecular formula is C16H12F5NO2. The van der Waals surface area contributed by atoms with Crippen LogP contribution in [-0.2, 0) is 11.2 Å². The minimum absolute atomic E-state index is 0.0208. The Balaban J connectivity index is 2.26. The highest BCUT2D eigenvalue weighted by atomic mass is 19.2. The molecule has 24 heavy (non-hydrogen) atoms. The fourth-order valence-electron chi connectivity index (χ4n) is 2.07. The number of benzene rings is 2. The van der Waals surface area contributed by atoms with Crippen LogP contribution in [0.1, 0.15) is 5.56 Å². The number of anilines is 1. The summed E-state index contributed by atoms with van der Waals surface area (Å²) in [5, 5.41) is 2.06. The van der Waals surface area contributed by atoms with Crippen LogP contribution >= 0.6 is 0 Å². The van der Waals surface area contributed by atoms with Crippen LogP contribution in [-0.4, -0.2) is 19.4 Å². The highest BCUT2D eigenvalue weighted by Crippen LogP contribution is 2.27. The van der Waals surface area contributed by atoms with E-state index < -0.39 is 40.8 Å². The third-order valence-electron chi connectivity index (χ3n) is 3.32. The van der Waals surface area contributed by atoms with Gasteiger partial charge in [0.05, 0.1) is 13.2 Å². The number of hydrogen-bond acceptors (Lipinski definition) is 3. The van der Waals surface area contributed by atoms with Crippen LogP contribution in [0.4, 0.5) is 27.6 Å². The Morgan fingerprint density at radius 2 is 1.46 bits per heavy atom. The van der Waals surface area contributed by atoms with Crippen molar-refractivity contribution in [3.05, 3.63) is 58.9 Å². The number of halogens is 5. The van der Waals surface area contributed by atoms with Crippen molar-refractivity contribution in [3.8, 4) is 5.75 Å². The van der Waals surface area contributed by atoms with Crippen molar-refractivity contribution in [1.82, 2.24) is 0 Å². The Hall–Kier alpha value is -2.64. The van der Waals surface area contributed by atoms with Gasteiger partial charge in [0, 0.05) is 0 Å². The first-order chi connectivity index (χ1) is 11.4. The van der Waals surface area contributed by atoms with Gasteiger partial charge in [-0.05, 0) is 24.1 Å². The molecule has 0 bridgehead atoms. The predicted molar refractivity (Wildman–Crippen MR) is 76.4 cm³/mol. The summed E-state index contributed by atoms with van der Waals surface area (Å²) in [4.78, 5) is 11.1. The predicted octanol–water partition coefficient (Wildman–Crippen LogP) is 3.61. The maximum Gasteiger partial charge on any atom is 0.200 e. The molecule has 0 aromatic heterocycles. The maximum absolute atomic E-state index is 13.6. The van der Waals surface area contributed by atoms with Crippen molar-refractivity contribution >= 4 is 12.0 Å². The second-order valence-corrected chi connectivity index (χ2v) is 4.88. The van der Waals surface area contributed by atoms with Crippen LogP contribution in [0.25, 0.3) is 0 Å². The molecule has 2 aromatic carbocycles. The van der Waals surface area contributed by atoms with Gasteiger partial charge in [0.1, 0.15) is 17.7 Å². The highest BCUT2D eigenvalue weighted by molar-refractivity contribution is 5.66. The van der Waals surface area contributed by atoms with E-state index in [1.54, 1.807) is 24.3 Å². The number of methoxy groups -OCH3 is 1.